The first-order chi connectivity index (χ1) is 12.8. The van der Waals surface area contributed by atoms with Gasteiger partial charge in [-0.15, -0.1) is 0 Å². The minimum absolute atomic E-state index is 0.168. The molecule has 0 aromatic carbocycles. The number of nitrogens with one attached hydrogen (secondary N) is 2. The average Bonchev–Trinajstić information content (AvgIpc) is 2.66. The van der Waals surface area contributed by atoms with Gasteiger partial charge in [0.05, 0.1) is 0 Å². The summed E-state index contributed by atoms with van der Waals surface area (Å²) in [6.07, 6.45) is 3.92. The first-order valence-corrected chi connectivity index (χ1v) is 9.39. The van der Waals surface area contributed by atoms with Crippen LogP contribution in [0.4, 0.5) is 5.82 Å². The molecule has 0 saturated carbocycles. The molecule has 2 aromatic rings. The number of H-pyrrole nitrogens is 1. The van der Waals surface area contributed by atoms with E-state index in [0.29, 0.717) is 18.2 Å². The van der Waals surface area contributed by atoms with Gasteiger partial charge in [0, 0.05) is 36.9 Å². The molecule has 0 spiro atoms. The summed E-state index contributed by atoms with van der Waals surface area (Å²) in [5.74, 6) is 1.01. The molecule has 2 N–H and O–H groups in total. The number of hydrogen-bond acceptors (Lipinski definition) is 5. The van der Waals surface area contributed by atoms with Crippen molar-refractivity contribution in [3.8, 4) is 0 Å². The second-order valence-corrected chi connectivity index (χ2v) is 8.09. The predicted molar refractivity (Wildman–Crippen MR) is 105 cm³/mol. The first-order valence-electron chi connectivity index (χ1n) is 9.39. The topological polar surface area (TPSA) is 91.0 Å². The molecule has 27 heavy (non-hydrogen) atoms. The summed E-state index contributed by atoms with van der Waals surface area (Å²) in [7, 11) is 0. The molecule has 144 valence electrons. The lowest BCUT2D eigenvalue weighted by molar-refractivity contribution is 0.0940. The van der Waals surface area contributed by atoms with Crippen molar-refractivity contribution in [1.29, 1.82) is 0 Å². The van der Waals surface area contributed by atoms with E-state index < -0.39 is 5.69 Å². The van der Waals surface area contributed by atoms with Crippen LogP contribution in [-0.4, -0.2) is 40.5 Å². The van der Waals surface area contributed by atoms with Crippen LogP contribution in [0.15, 0.2) is 35.3 Å². The Morgan fingerprint density at radius 3 is 2.89 bits per heavy atom. The Labute approximate surface area is 159 Å². The molecular weight excluding hydrogens is 342 g/mol. The van der Waals surface area contributed by atoms with Crippen LogP contribution in [0.5, 0.6) is 0 Å². The minimum atomic E-state index is -0.494. The molecule has 7 heteroatoms. The standard InChI is InChI=1S/C20H27N5O2/c1-20(2,3)16-11-15(23-19(27)24-16)18(26)22-12-14-7-6-10-25(13-14)17-8-4-5-9-21-17/h4-5,8-9,11,14H,6-7,10,12-13H2,1-3H3,(H,22,26)(H,23,24,27)/t14-/m1/s1. The van der Waals surface area contributed by atoms with Gasteiger partial charge in [-0.05, 0) is 37.0 Å². The van der Waals surface area contributed by atoms with E-state index in [4.69, 9.17) is 0 Å². The van der Waals surface area contributed by atoms with Gasteiger partial charge >= 0.3 is 5.69 Å². The lowest BCUT2D eigenvalue weighted by Crippen LogP contribution is -2.41. The van der Waals surface area contributed by atoms with E-state index in [1.165, 1.54) is 0 Å². The molecule has 0 radical (unpaired) electrons. The zero-order valence-corrected chi connectivity index (χ0v) is 16.2. The van der Waals surface area contributed by atoms with E-state index in [1.807, 2.05) is 39.0 Å². The first kappa shape index (κ1) is 19.1. The third kappa shape index (κ3) is 4.93. The Morgan fingerprint density at radius 2 is 2.19 bits per heavy atom. The molecule has 0 aliphatic carbocycles. The minimum Gasteiger partial charge on any atom is -0.356 e. The van der Waals surface area contributed by atoms with E-state index in [-0.39, 0.29) is 17.0 Å². The van der Waals surface area contributed by atoms with Gasteiger partial charge in [-0.1, -0.05) is 26.8 Å². The van der Waals surface area contributed by atoms with Crippen LogP contribution in [0.2, 0.25) is 0 Å². The maximum Gasteiger partial charge on any atom is 0.345 e. The van der Waals surface area contributed by atoms with Gasteiger partial charge < -0.3 is 15.2 Å². The predicted octanol–water partition coefficient (Wildman–Crippen LogP) is 2.11. The van der Waals surface area contributed by atoms with Crippen LogP contribution < -0.4 is 15.9 Å². The van der Waals surface area contributed by atoms with Crippen molar-refractivity contribution in [2.24, 2.45) is 5.92 Å². The molecule has 1 aliphatic heterocycles. The number of carbonyl (C=O) groups is 1. The van der Waals surface area contributed by atoms with E-state index in [1.54, 1.807) is 12.3 Å². The molecule has 1 fully saturated rings. The molecule has 1 amide bonds. The SMILES string of the molecule is CC(C)(C)c1cc(C(=O)NC[C@H]2CCCN(c3ccccn3)C2)nc(=O)[nH]1. The fourth-order valence-electron chi connectivity index (χ4n) is 3.29. The Hall–Kier alpha value is -2.70. The van der Waals surface area contributed by atoms with Crippen molar-refractivity contribution in [2.75, 3.05) is 24.5 Å². The normalized spacial score (nSPS) is 17.6. The van der Waals surface area contributed by atoms with Gasteiger partial charge in [0.1, 0.15) is 11.5 Å². The quantitative estimate of drug-likeness (QED) is 0.861. The molecule has 7 nitrogen and oxygen atoms in total. The Kier molecular flexibility index (Phi) is 5.58. The van der Waals surface area contributed by atoms with Crippen molar-refractivity contribution in [2.45, 2.75) is 39.0 Å². The Balaban J connectivity index is 1.62. The maximum absolute atomic E-state index is 12.5. The largest absolute Gasteiger partial charge is 0.356 e. The van der Waals surface area contributed by atoms with Crippen LogP contribution in [-0.2, 0) is 5.41 Å². The van der Waals surface area contributed by atoms with E-state index >= 15 is 0 Å². The zero-order valence-electron chi connectivity index (χ0n) is 16.2. The summed E-state index contributed by atoms with van der Waals surface area (Å²) in [6.45, 7) is 8.33. The molecule has 0 bridgehead atoms. The summed E-state index contributed by atoms with van der Waals surface area (Å²) in [5.41, 5.74) is 0.114. The average molecular weight is 369 g/mol. The van der Waals surface area contributed by atoms with Crippen LogP contribution in [0.1, 0.15) is 49.8 Å². The number of rotatable bonds is 4. The summed E-state index contributed by atoms with van der Waals surface area (Å²) in [4.78, 5) is 37.5. The monoisotopic (exact) mass is 369 g/mol. The summed E-state index contributed by atoms with van der Waals surface area (Å²) >= 11 is 0. The number of aromatic nitrogens is 3. The molecular formula is C20H27N5O2. The summed E-state index contributed by atoms with van der Waals surface area (Å²) in [5, 5.41) is 2.95. The van der Waals surface area contributed by atoms with Crippen molar-refractivity contribution >= 4 is 11.7 Å². The van der Waals surface area contributed by atoms with Crippen LogP contribution in [0.3, 0.4) is 0 Å². The Bertz CT molecular complexity index is 841. The third-order valence-electron chi connectivity index (χ3n) is 4.83. The van der Waals surface area contributed by atoms with Crippen molar-refractivity contribution in [1.82, 2.24) is 20.3 Å². The third-order valence-corrected chi connectivity index (χ3v) is 4.83. The molecule has 1 atom stereocenters. The highest BCUT2D eigenvalue weighted by Gasteiger charge is 2.23. The molecule has 0 unspecified atom stereocenters. The smallest absolute Gasteiger partial charge is 0.345 e. The van der Waals surface area contributed by atoms with Gasteiger partial charge in [0.25, 0.3) is 5.91 Å². The number of hydrogen-bond donors (Lipinski definition) is 2. The number of carbonyl (C=O) groups excluding carboxylic acids is 1. The molecule has 3 rings (SSSR count). The summed E-state index contributed by atoms with van der Waals surface area (Å²) in [6, 6.07) is 7.57. The van der Waals surface area contributed by atoms with E-state index in [0.717, 1.165) is 31.7 Å². The van der Waals surface area contributed by atoms with Gasteiger partial charge in [-0.2, -0.15) is 4.98 Å². The molecule has 3 heterocycles. The number of piperidine rings is 1. The highest BCUT2D eigenvalue weighted by molar-refractivity contribution is 5.92. The molecule has 2 aromatic heterocycles. The number of nitrogens with zero attached hydrogens (tertiary/aromatic N) is 3. The number of aromatic amines is 1. The number of anilines is 1. The van der Waals surface area contributed by atoms with E-state index in [9.17, 15) is 9.59 Å². The van der Waals surface area contributed by atoms with Crippen LogP contribution >= 0.6 is 0 Å². The fraction of sp³-hybridized carbons (Fsp3) is 0.500. The van der Waals surface area contributed by atoms with Gasteiger partial charge in [0.15, 0.2) is 0 Å². The van der Waals surface area contributed by atoms with E-state index in [2.05, 4.69) is 25.2 Å². The second-order valence-electron chi connectivity index (χ2n) is 8.09. The van der Waals surface area contributed by atoms with Crippen molar-refractivity contribution in [3.63, 3.8) is 0 Å². The maximum atomic E-state index is 12.5. The Morgan fingerprint density at radius 1 is 1.37 bits per heavy atom. The molecule has 1 aliphatic rings. The van der Waals surface area contributed by atoms with Crippen molar-refractivity contribution in [3.05, 3.63) is 52.3 Å². The highest BCUT2D eigenvalue weighted by atomic mass is 16.2. The highest BCUT2D eigenvalue weighted by Crippen LogP contribution is 2.21. The van der Waals surface area contributed by atoms with Crippen LogP contribution in [0, 0.1) is 5.92 Å². The lowest BCUT2D eigenvalue weighted by atomic mass is 9.91. The van der Waals surface area contributed by atoms with Gasteiger partial charge in [0.2, 0.25) is 0 Å². The van der Waals surface area contributed by atoms with Gasteiger partial charge in [-0.3, -0.25) is 4.79 Å². The van der Waals surface area contributed by atoms with Crippen LogP contribution in [0.25, 0.3) is 0 Å². The second kappa shape index (κ2) is 7.90. The molecule has 1 saturated heterocycles. The zero-order chi connectivity index (χ0) is 19.4. The van der Waals surface area contributed by atoms with Gasteiger partial charge in [-0.25, -0.2) is 9.78 Å². The number of amides is 1. The number of pyridine rings is 1. The fourth-order valence-corrected chi connectivity index (χ4v) is 3.29. The van der Waals surface area contributed by atoms with Crippen molar-refractivity contribution < 1.29 is 4.79 Å². The lowest BCUT2D eigenvalue weighted by Gasteiger charge is -2.33. The summed E-state index contributed by atoms with van der Waals surface area (Å²) < 4.78 is 0.